The second kappa shape index (κ2) is 8.19. The van der Waals surface area contributed by atoms with Crippen molar-refractivity contribution in [1.82, 2.24) is 9.78 Å². The number of methoxy groups -OCH3 is 1. The molecule has 1 amide bonds. The molecule has 148 valence electrons. The normalized spacial score (nSPS) is 11.0. The van der Waals surface area contributed by atoms with Crippen LogP contribution in [0.25, 0.3) is 11.0 Å². The highest BCUT2D eigenvalue weighted by molar-refractivity contribution is 6.35. The molecule has 4 aromatic rings. The lowest BCUT2D eigenvalue weighted by atomic mass is 10.1. The van der Waals surface area contributed by atoms with E-state index in [1.807, 2.05) is 18.2 Å². The number of rotatable bonds is 6. The predicted molar refractivity (Wildman–Crippen MR) is 113 cm³/mol. The van der Waals surface area contributed by atoms with Gasteiger partial charge >= 0.3 is 0 Å². The second-order valence-corrected chi connectivity index (χ2v) is 7.30. The molecule has 0 aliphatic heterocycles. The lowest BCUT2D eigenvalue weighted by Crippen LogP contribution is -2.18. The van der Waals surface area contributed by atoms with Gasteiger partial charge in [-0.25, -0.2) is 4.68 Å². The summed E-state index contributed by atoms with van der Waals surface area (Å²) in [5, 5.41) is 9.16. The quantitative estimate of drug-likeness (QED) is 0.458. The van der Waals surface area contributed by atoms with Crippen molar-refractivity contribution in [2.24, 2.45) is 0 Å². The molecule has 0 atom stereocenters. The maximum absolute atomic E-state index is 12.6. The van der Waals surface area contributed by atoms with Crippen molar-refractivity contribution in [1.29, 1.82) is 0 Å². The number of anilines is 1. The summed E-state index contributed by atoms with van der Waals surface area (Å²) < 4.78 is 12.4. The van der Waals surface area contributed by atoms with Crippen LogP contribution < -0.4 is 10.1 Å². The summed E-state index contributed by atoms with van der Waals surface area (Å²) >= 11 is 12.2. The van der Waals surface area contributed by atoms with Crippen LogP contribution in [0.1, 0.15) is 11.1 Å². The number of hydrogen-bond acceptors (Lipinski definition) is 4. The summed E-state index contributed by atoms with van der Waals surface area (Å²) in [4.78, 5) is 12.6. The van der Waals surface area contributed by atoms with E-state index in [1.54, 1.807) is 48.5 Å². The third-order valence-electron chi connectivity index (χ3n) is 4.53. The highest BCUT2D eigenvalue weighted by atomic mass is 35.5. The van der Waals surface area contributed by atoms with Crippen LogP contribution >= 0.6 is 23.2 Å². The number of aromatic nitrogens is 2. The van der Waals surface area contributed by atoms with E-state index in [4.69, 9.17) is 32.4 Å². The minimum absolute atomic E-state index is 0.173. The Hall–Kier alpha value is -2.96. The monoisotopic (exact) mass is 429 g/mol. The Balaban J connectivity index is 1.48. The van der Waals surface area contributed by atoms with Crippen molar-refractivity contribution >= 4 is 45.9 Å². The Morgan fingerprint density at radius 1 is 1.17 bits per heavy atom. The first-order chi connectivity index (χ1) is 14.0. The molecule has 0 unspecified atom stereocenters. The van der Waals surface area contributed by atoms with Crippen molar-refractivity contribution < 1.29 is 13.9 Å². The molecule has 0 spiro atoms. The molecule has 0 aliphatic rings. The van der Waals surface area contributed by atoms with Gasteiger partial charge in [0, 0.05) is 33.1 Å². The standard InChI is InChI=1S/C21H17Cl2N3O3/c1-28-16-4-5-17-14(12-29-19(17)10-16)8-21(27)25-20-6-7-24-26(20)11-13-2-3-15(22)9-18(13)23/h2-7,9-10,12H,8,11H2,1H3,(H,25,27). The molecule has 29 heavy (non-hydrogen) atoms. The van der Waals surface area contributed by atoms with Gasteiger partial charge in [-0.15, -0.1) is 0 Å². The summed E-state index contributed by atoms with van der Waals surface area (Å²) in [6.45, 7) is 0.410. The Labute approximate surface area is 177 Å². The molecule has 0 saturated heterocycles. The van der Waals surface area contributed by atoms with Gasteiger partial charge in [0.05, 0.1) is 32.5 Å². The molecular formula is C21H17Cl2N3O3. The highest BCUT2D eigenvalue weighted by Crippen LogP contribution is 2.26. The van der Waals surface area contributed by atoms with Crippen LogP contribution in [0.15, 0.2) is 59.3 Å². The smallest absolute Gasteiger partial charge is 0.230 e. The Kier molecular flexibility index (Phi) is 5.47. The molecule has 4 rings (SSSR count). The third-order valence-corrected chi connectivity index (χ3v) is 5.12. The maximum atomic E-state index is 12.6. The van der Waals surface area contributed by atoms with Gasteiger partial charge in [-0.3, -0.25) is 4.79 Å². The Bertz CT molecular complexity index is 1180. The van der Waals surface area contributed by atoms with Crippen molar-refractivity contribution in [3.63, 3.8) is 0 Å². The fourth-order valence-electron chi connectivity index (χ4n) is 3.06. The molecule has 0 saturated carbocycles. The zero-order valence-electron chi connectivity index (χ0n) is 15.5. The van der Waals surface area contributed by atoms with Gasteiger partial charge in [0.25, 0.3) is 0 Å². The van der Waals surface area contributed by atoms with Crippen LogP contribution in [0, 0.1) is 0 Å². The molecule has 6 nitrogen and oxygen atoms in total. The van der Waals surface area contributed by atoms with Crippen LogP contribution in [-0.2, 0) is 17.8 Å². The van der Waals surface area contributed by atoms with E-state index in [1.165, 1.54) is 0 Å². The summed E-state index contributed by atoms with van der Waals surface area (Å²) in [6, 6.07) is 12.5. The molecule has 1 N–H and O–H groups in total. The average molecular weight is 430 g/mol. The maximum Gasteiger partial charge on any atom is 0.230 e. The summed E-state index contributed by atoms with van der Waals surface area (Å²) in [5.74, 6) is 1.11. The fourth-order valence-corrected chi connectivity index (χ4v) is 3.53. The van der Waals surface area contributed by atoms with Crippen LogP contribution in [0.5, 0.6) is 5.75 Å². The van der Waals surface area contributed by atoms with E-state index in [0.29, 0.717) is 33.7 Å². The molecule has 8 heteroatoms. The van der Waals surface area contributed by atoms with E-state index >= 15 is 0 Å². The Morgan fingerprint density at radius 2 is 2.03 bits per heavy atom. The SMILES string of the molecule is COc1ccc2c(CC(=O)Nc3ccnn3Cc3ccc(Cl)cc3Cl)coc2c1. The van der Waals surface area contributed by atoms with Gasteiger partial charge in [0.15, 0.2) is 0 Å². The average Bonchev–Trinajstić information content (AvgIpc) is 3.30. The van der Waals surface area contributed by atoms with Gasteiger partial charge in [-0.2, -0.15) is 5.10 Å². The van der Waals surface area contributed by atoms with Crippen LogP contribution in [0.2, 0.25) is 10.0 Å². The number of nitrogens with zero attached hydrogens (tertiary/aromatic N) is 2. The van der Waals surface area contributed by atoms with E-state index in [-0.39, 0.29) is 12.3 Å². The topological polar surface area (TPSA) is 69.3 Å². The van der Waals surface area contributed by atoms with Gasteiger partial charge in [-0.05, 0) is 29.8 Å². The lowest BCUT2D eigenvalue weighted by molar-refractivity contribution is -0.115. The summed E-state index contributed by atoms with van der Waals surface area (Å²) in [7, 11) is 1.60. The number of nitrogens with one attached hydrogen (secondary N) is 1. The molecule has 0 radical (unpaired) electrons. The number of halogens is 2. The van der Waals surface area contributed by atoms with E-state index in [2.05, 4.69) is 10.4 Å². The number of ether oxygens (including phenoxy) is 1. The zero-order chi connectivity index (χ0) is 20.4. The number of hydrogen-bond donors (Lipinski definition) is 1. The summed E-state index contributed by atoms with van der Waals surface area (Å²) in [5.41, 5.74) is 2.33. The number of fused-ring (bicyclic) bond motifs is 1. The number of benzene rings is 2. The first-order valence-electron chi connectivity index (χ1n) is 8.83. The van der Waals surface area contributed by atoms with Crippen LogP contribution in [0.3, 0.4) is 0 Å². The van der Waals surface area contributed by atoms with E-state index in [9.17, 15) is 4.79 Å². The van der Waals surface area contributed by atoms with Crippen molar-refractivity contribution in [2.45, 2.75) is 13.0 Å². The molecule has 0 aliphatic carbocycles. The molecule has 0 fully saturated rings. The first kappa shape index (κ1) is 19.4. The largest absolute Gasteiger partial charge is 0.497 e. The van der Waals surface area contributed by atoms with Crippen molar-refractivity contribution in [3.05, 3.63) is 76.1 Å². The van der Waals surface area contributed by atoms with Crippen LogP contribution in [-0.4, -0.2) is 22.8 Å². The van der Waals surface area contributed by atoms with Gasteiger partial charge in [-0.1, -0.05) is 29.3 Å². The lowest BCUT2D eigenvalue weighted by Gasteiger charge is -2.10. The van der Waals surface area contributed by atoms with Gasteiger partial charge < -0.3 is 14.5 Å². The number of furan rings is 1. The predicted octanol–water partition coefficient (Wildman–Crippen LogP) is 5.17. The van der Waals surface area contributed by atoms with Crippen LogP contribution in [0.4, 0.5) is 5.82 Å². The highest BCUT2D eigenvalue weighted by Gasteiger charge is 2.14. The van der Waals surface area contributed by atoms with E-state index < -0.39 is 0 Å². The summed E-state index contributed by atoms with van der Waals surface area (Å²) in [6.07, 6.45) is 3.39. The van der Waals surface area contributed by atoms with E-state index in [0.717, 1.165) is 16.5 Å². The Morgan fingerprint density at radius 3 is 2.83 bits per heavy atom. The first-order valence-corrected chi connectivity index (χ1v) is 9.59. The molecule has 2 heterocycles. The molecule has 2 aromatic carbocycles. The number of amides is 1. The fraction of sp³-hybridized carbons (Fsp3) is 0.143. The minimum Gasteiger partial charge on any atom is -0.497 e. The van der Waals surface area contributed by atoms with Crippen molar-refractivity contribution in [2.75, 3.05) is 12.4 Å². The molecule has 2 aromatic heterocycles. The van der Waals surface area contributed by atoms with Gasteiger partial charge in [0.2, 0.25) is 5.91 Å². The third kappa shape index (κ3) is 4.23. The molecular weight excluding hydrogens is 413 g/mol. The van der Waals surface area contributed by atoms with Crippen molar-refractivity contribution in [3.8, 4) is 5.75 Å². The molecule has 0 bridgehead atoms. The van der Waals surface area contributed by atoms with Gasteiger partial charge in [0.1, 0.15) is 17.2 Å². The zero-order valence-corrected chi connectivity index (χ0v) is 17.0. The second-order valence-electron chi connectivity index (χ2n) is 6.46. The number of carbonyl (C=O) groups excluding carboxylic acids is 1. The number of carbonyl (C=O) groups is 1. The minimum atomic E-state index is -0.174.